The molecule has 0 unspecified atom stereocenters. The SMILES string of the molecule is Cc1nc(C2(C)CCCC2)n[nH]1. The molecule has 1 fully saturated rings. The first-order valence-electron chi connectivity index (χ1n) is 4.60. The monoisotopic (exact) mass is 165 g/mol. The number of aryl methyl sites for hydroxylation is 1. The number of nitrogens with one attached hydrogen (secondary N) is 1. The van der Waals surface area contributed by atoms with Gasteiger partial charge in [0, 0.05) is 5.41 Å². The maximum Gasteiger partial charge on any atom is 0.156 e. The molecule has 3 heteroatoms. The molecule has 2 rings (SSSR count). The zero-order valence-electron chi connectivity index (χ0n) is 7.72. The van der Waals surface area contributed by atoms with Gasteiger partial charge in [-0.25, -0.2) is 4.98 Å². The molecule has 0 atom stereocenters. The van der Waals surface area contributed by atoms with E-state index in [1.807, 2.05) is 6.92 Å². The fraction of sp³-hybridized carbons (Fsp3) is 0.778. The van der Waals surface area contributed by atoms with E-state index < -0.39 is 0 Å². The van der Waals surface area contributed by atoms with Crippen LogP contribution in [0.1, 0.15) is 44.3 Å². The number of H-pyrrole nitrogens is 1. The molecular formula is C9H15N3. The van der Waals surface area contributed by atoms with Crippen molar-refractivity contribution in [3.63, 3.8) is 0 Å². The lowest BCUT2D eigenvalue weighted by Gasteiger charge is -2.18. The number of aromatic nitrogens is 3. The molecule has 0 saturated heterocycles. The highest BCUT2D eigenvalue weighted by molar-refractivity contribution is 5.07. The number of aromatic amines is 1. The van der Waals surface area contributed by atoms with E-state index in [2.05, 4.69) is 22.1 Å². The van der Waals surface area contributed by atoms with Crippen molar-refractivity contribution in [3.8, 4) is 0 Å². The molecule has 0 radical (unpaired) electrons. The lowest BCUT2D eigenvalue weighted by Crippen LogP contribution is -2.18. The zero-order chi connectivity index (χ0) is 8.60. The van der Waals surface area contributed by atoms with E-state index in [0.29, 0.717) is 0 Å². The topological polar surface area (TPSA) is 41.6 Å². The Morgan fingerprint density at radius 3 is 2.50 bits per heavy atom. The van der Waals surface area contributed by atoms with E-state index in [0.717, 1.165) is 11.6 Å². The average Bonchev–Trinajstić information content (AvgIpc) is 2.59. The van der Waals surface area contributed by atoms with Crippen LogP contribution in [0.25, 0.3) is 0 Å². The standard InChI is InChI=1S/C9H15N3/c1-7-10-8(12-11-7)9(2)5-3-4-6-9/h3-6H2,1-2H3,(H,10,11,12). The predicted molar refractivity (Wildman–Crippen MR) is 46.9 cm³/mol. The van der Waals surface area contributed by atoms with Crippen LogP contribution in [0.2, 0.25) is 0 Å². The van der Waals surface area contributed by atoms with E-state index in [-0.39, 0.29) is 5.41 Å². The maximum absolute atomic E-state index is 4.40. The van der Waals surface area contributed by atoms with Crippen LogP contribution in [0.5, 0.6) is 0 Å². The minimum atomic E-state index is 0.255. The number of rotatable bonds is 1. The van der Waals surface area contributed by atoms with Gasteiger partial charge in [-0.15, -0.1) is 0 Å². The smallest absolute Gasteiger partial charge is 0.156 e. The Kier molecular flexibility index (Phi) is 1.67. The first kappa shape index (κ1) is 7.77. The van der Waals surface area contributed by atoms with Gasteiger partial charge in [-0.2, -0.15) is 5.10 Å². The molecule has 0 amide bonds. The van der Waals surface area contributed by atoms with Crippen LogP contribution < -0.4 is 0 Å². The van der Waals surface area contributed by atoms with E-state index in [1.54, 1.807) is 0 Å². The summed E-state index contributed by atoms with van der Waals surface area (Å²) in [4.78, 5) is 4.40. The van der Waals surface area contributed by atoms with E-state index in [4.69, 9.17) is 0 Å². The van der Waals surface area contributed by atoms with Crippen LogP contribution in [0.3, 0.4) is 0 Å². The van der Waals surface area contributed by atoms with Gasteiger partial charge in [0.15, 0.2) is 5.82 Å². The second-order valence-electron chi connectivity index (χ2n) is 4.01. The Morgan fingerprint density at radius 2 is 2.00 bits per heavy atom. The Labute approximate surface area is 72.6 Å². The minimum Gasteiger partial charge on any atom is -0.263 e. The molecule has 1 saturated carbocycles. The molecule has 0 bridgehead atoms. The summed E-state index contributed by atoms with van der Waals surface area (Å²) in [5.74, 6) is 1.94. The Morgan fingerprint density at radius 1 is 1.33 bits per heavy atom. The van der Waals surface area contributed by atoms with E-state index >= 15 is 0 Å². The summed E-state index contributed by atoms with van der Waals surface area (Å²) < 4.78 is 0. The fourth-order valence-electron chi connectivity index (χ4n) is 1.99. The van der Waals surface area contributed by atoms with Crippen LogP contribution in [0.4, 0.5) is 0 Å². The largest absolute Gasteiger partial charge is 0.263 e. The highest BCUT2D eigenvalue weighted by Crippen LogP contribution is 2.38. The van der Waals surface area contributed by atoms with Crippen molar-refractivity contribution in [2.24, 2.45) is 0 Å². The molecule has 1 aliphatic carbocycles. The van der Waals surface area contributed by atoms with Gasteiger partial charge in [0.05, 0.1) is 0 Å². The molecule has 1 N–H and O–H groups in total. The molecule has 3 nitrogen and oxygen atoms in total. The van der Waals surface area contributed by atoms with Crippen molar-refractivity contribution in [3.05, 3.63) is 11.6 Å². The lowest BCUT2D eigenvalue weighted by atomic mass is 9.88. The Hall–Kier alpha value is -0.860. The Balaban J connectivity index is 2.28. The second kappa shape index (κ2) is 2.57. The van der Waals surface area contributed by atoms with Crippen LogP contribution in [-0.4, -0.2) is 15.2 Å². The summed E-state index contributed by atoms with van der Waals surface area (Å²) >= 11 is 0. The maximum atomic E-state index is 4.40. The predicted octanol–water partition coefficient (Wildman–Crippen LogP) is 1.94. The molecular weight excluding hydrogens is 150 g/mol. The molecule has 1 aromatic heterocycles. The van der Waals surface area contributed by atoms with Crippen molar-refractivity contribution >= 4 is 0 Å². The number of nitrogens with zero attached hydrogens (tertiary/aromatic N) is 2. The lowest BCUT2D eigenvalue weighted by molar-refractivity contribution is 0.460. The van der Waals surface area contributed by atoms with Crippen LogP contribution in [-0.2, 0) is 5.41 Å². The molecule has 0 aromatic carbocycles. The quantitative estimate of drug-likeness (QED) is 0.691. The van der Waals surface area contributed by atoms with Crippen molar-refractivity contribution in [1.29, 1.82) is 0 Å². The van der Waals surface area contributed by atoms with Gasteiger partial charge in [0.2, 0.25) is 0 Å². The van der Waals surface area contributed by atoms with Gasteiger partial charge in [0.25, 0.3) is 0 Å². The third-order valence-electron chi connectivity index (χ3n) is 2.84. The van der Waals surface area contributed by atoms with Crippen molar-refractivity contribution in [2.75, 3.05) is 0 Å². The zero-order valence-corrected chi connectivity index (χ0v) is 7.72. The van der Waals surface area contributed by atoms with Crippen LogP contribution >= 0.6 is 0 Å². The van der Waals surface area contributed by atoms with Crippen molar-refractivity contribution < 1.29 is 0 Å². The van der Waals surface area contributed by atoms with Crippen LogP contribution in [0, 0.1) is 6.92 Å². The van der Waals surface area contributed by atoms with Crippen LogP contribution in [0.15, 0.2) is 0 Å². The van der Waals surface area contributed by atoms with Gasteiger partial charge in [-0.1, -0.05) is 19.8 Å². The highest BCUT2D eigenvalue weighted by Gasteiger charge is 2.33. The third-order valence-corrected chi connectivity index (χ3v) is 2.84. The number of hydrogen-bond acceptors (Lipinski definition) is 2. The summed E-state index contributed by atoms with van der Waals surface area (Å²) in [5.41, 5.74) is 0.255. The van der Waals surface area contributed by atoms with Gasteiger partial charge >= 0.3 is 0 Å². The average molecular weight is 165 g/mol. The highest BCUT2D eigenvalue weighted by atomic mass is 15.2. The summed E-state index contributed by atoms with van der Waals surface area (Å²) in [5, 5.41) is 7.14. The normalized spacial score (nSPS) is 21.5. The van der Waals surface area contributed by atoms with Gasteiger partial charge in [-0.3, -0.25) is 5.10 Å². The summed E-state index contributed by atoms with van der Waals surface area (Å²) in [6.07, 6.45) is 5.13. The molecule has 0 spiro atoms. The first-order valence-corrected chi connectivity index (χ1v) is 4.60. The molecule has 1 aliphatic rings. The third kappa shape index (κ3) is 1.13. The summed E-state index contributed by atoms with van der Waals surface area (Å²) in [6, 6.07) is 0. The molecule has 12 heavy (non-hydrogen) atoms. The first-order chi connectivity index (χ1) is 5.71. The number of hydrogen-bond donors (Lipinski definition) is 1. The summed E-state index contributed by atoms with van der Waals surface area (Å²) in [7, 11) is 0. The molecule has 66 valence electrons. The minimum absolute atomic E-state index is 0.255. The molecule has 0 aliphatic heterocycles. The molecule has 1 heterocycles. The second-order valence-corrected chi connectivity index (χ2v) is 4.01. The molecule has 1 aromatic rings. The van der Waals surface area contributed by atoms with Crippen molar-refractivity contribution in [1.82, 2.24) is 15.2 Å². The van der Waals surface area contributed by atoms with E-state index in [1.165, 1.54) is 25.7 Å². The summed E-state index contributed by atoms with van der Waals surface area (Å²) in [6.45, 7) is 4.22. The Bertz CT molecular complexity index is 271. The van der Waals surface area contributed by atoms with Gasteiger partial charge < -0.3 is 0 Å². The van der Waals surface area contributed by atoms with Crippen molar-refractivity contribution in [2.45, 2.75) is 44.9 Å². The van der Waals surface area contributed by atoms with Gasteiger partial charge in [-0.05, 0) is 19.8 Å². The van der Waals surface area contributed by atoms with E-state index in [9.17, 15) is 0 Å². The van der Waals surface area contributed by atoms with Gasteiger partial charge in [0.1, 0.15) is 5.82 Å². The fourth-order valence-corrected chi connectivity index (χ4v) is 1.99.